The zero-order valence-electron chi connectivity index (χ0n) is 12.1. The molecule has 1 aromatic carbocycles. The summed E-state index contributed by atoms with van der Waals surface area (Å²) in [7, 11) is 1.53. The van der Waals surface area contributed by atoms with E-state index in [1.807, 2.05) is 30.3 Å². The topological polar surface area (TPSA) is 52.3 Å². The Balaban J connectivity index is 3.11. The summed E-state index contributed by atoms with van der Waals surface area (Å²) >= 11 is 0. The number of amides is 1. The van der Waals surface area contributed by atoms with E-state index in [-0.39, 0.29) is 5.92 Å². The van der Waals surface area contributed by atoms with Gasteiger partial charge in [-0.25, -0.2) is 0 Å². The molecule has 2 N–H and O–H groups in total. The van der Waals surface area contributed by atoms with E-state index in [4.69, 9.17) is 10.5 Å². The average Bonchev–Trinajstić information content (AvgIpc) is 2.38. The molecule has 2 unspecified atom stereocenters. The van der Waals surface area contributed by atoms with Crippen molar-refractivity contribution in [1.29, 1.82) is 0 Å². The standard InChI is InChI=1S/C16H23NO2/c1-11(2)12(3)10-14(15(19-4)16(17)18)13-8-6-5-7-9-13/h5-9,14-15H,10H2,1-4H3,(H2,17,18). The minimum absolute atomic E-state index is 0.0430. The van der Waals surface area contributed by atoms with Crippen molar-refractivity contribution in [2.75, 3.05) is 7.11 Å². The van der Waals surface area contributed by atoms with E-state index < -0.39 is 12.0 Å². The number of carbonyl (C=O) groups is 1. The Kier molecular flexibility index (Phi) is 5.77. The Hall–Kier alpha value is -1.61. The summed E-state index contributed by atoms with van der Waals surface area (Å²) in [6.07, 6.45) is 0.171. The van der Waals surface area contributed by atoms with Gasteiger partial charge in [0.15, 0.2) is 0 Å². The molecule has 0 aliphatic rings. The predicted molar refractivity (Wildman–Crippen MR) is 77.8 cm³/mol. The molecule has 104 valence electrons. The maximum Gasteiger partial charge on any atom is 0.247 e. The quantitative estimate of drug-likeness (QED) is 0.800. The van der Waals surface area contributed by atoms with Crippen molar-refractivity contribution in [2.24, 2.45) is 5.73 Å². The van der Waals surface area contributed by atoms with Crippen LogP contribution in [0.3, 0.4) is 0 Å². The molecule has 0 heterocycles. The van der Waals surface area contributed by atoms with Crippen molar-refractivity contribution in [2.45, 2.75) is 39.2 Å². The van der Waals surface area contributed by atoms with E-state index in [1.54, 1.807) is 0 Å². The van der Waals surface area contributed by atoms with E-state index in [0.29, 0.717) is 0 Å². The first-order valence-electron chi connectivity index (χ1n) is 6.47. The number of allylic oxidation sites excluding steroid dienone is 2. The molecular formula is C16H23NO2. The van der Waals surface area contributed by atoms with Crippen LogP contribution in [0.25, 0.3) is 0 Å². The lowest BCUT2D eigenvalue weighted by Gasteiger charge is -2.25. The molecule has 0 fully saturated rings. The first-order valence-corrected chi connectivity index (χ1v) is 6.47. The van der Waals surface area contributed by atoms with E-state index in [9.17, 15) is 4.79 Å². The SMILES string of the molecule is COC(C(N)=O)C(CC(C)=C(C)C)c1ccccc1. The van der Waals surface area contributed by atoms with E-state index >= 15 is 0 Å². The van der Waals surface area contributed by atoms with Crippen LogP contribution in [-0.2, 0) is 9.53 Å². The third-order valence-electron chi connectivity index (χ3n) is 3.51. The van der Waals surface area contributed by atoms with Crippen LogP contribution < -0.4 is 5.73 Å². The molecule has 19 heavy (non-hydrogen) atoms. The van der Waals surface area contributed by atoms with Gasteiger partial charge in [-0.3, -0.25) is 4.79 Å². The minimum Gasteiger partial charge on any atom is -0.371 e. The molecule has 0 saturated heterocycles. The lowest BCUT2D eigenvalue weighted by Crippen LogP contribution is -2.36. The highest BCUT2D eigenvalue weighted by atomic mass is 16.5. The number of benzene rings is 1. The summed E-state index contributed by atoms with van der Waals surface area (Å²) in [4.78, 5) is 11.6. The average molecular weight is 261 g/mol. The molecule has 0 saturated carbocycles. The van der Waals surface area contributed by atoms with Gasteiger partial charge in [0.25, 0.3) is 0 Å². The molecule has 1 rings (SSSR count). The van der Waals surface area contributed by atoms with E-state index in [1.165, 1.54) is 18.3 Å². The summed E-state index contributed by atoms with van der Waals surface area (Å²) < 4.78 is 5.31. The van der Waals surface area contributed by atoms with Gasteiger partial charge >= 0.3 is 0 Å². The summed E-state index contributed by atoms with van der Waals surface area (Å²) in [6.45, 7) is 6.23. The van der Waals surface area contributed by atoms with Crippen LogP contribution in [0.4, 0.5) is 0 Å². The maximum absolute atomic E-state index is 11.6. The van der Waals surface area contributed by atoms with Crippen LogP contribution in [0, 0.1) is 0 Å². The second-order valence-electron chi connectivity index (χ2n) is 5.06. The number of ether oxygens (including phenoxy) is 1. The van der Waals surface area contributed by atoms with Crippen LogP contribution in [-0.4, -0.2) is 19.1 Å². The summed E-state index contributed by atoms with van der Waals surface area (Å²) in [5.74, 6) is -0.462. The van der Waals surface area contributed by atoms with Gasteiger partial charge in [0.2, 0.25) is 5.91 Å². The molecule has 0 radical (unpaired) electrons. The zero-order valence-corrected chi connectivity index (χ0v) is 12.1. The molecular weight excluding hydrogens is 238 g/mol. The van der Waals surface area contributed by atoms with Gasteiger partial charge in [0, 0.05) is 13.0 Å². The Bertz CT molecular complexity index is 447. The number of rotatable bonds is 6. The lowest BCUT2D eigenvalue weighted by molar-refractivity contribution is -0.129. The predicted octanol–water partition coefficient (Wildman–Crippen LogP) is 3.02. The number of nitrogens with two attached hydrogens (primary N) is 1. The monoisotopic (exact) mass is 261 g/mol. The zero-order chi connectivity index (χ0) is 14.4. The van der Waals surface area contributed by atoms with E-state index in [0.717, 1.165) is 12.0 Å². The van der Waals surface area contributed by atoms with Crippen molar-refractivity contribution in [1.82, 2.24) is 0 Å². The van der Waals surface area contributed by atoms with Gasteiger partial charge in [-0.1, -0.05) is 41.5 Å². The van der Waals surface area contributed by atoms with Crippen LogP contribution in [0.2, 0.25) is 0 Å². The van der Waals surface area contributed by atoms with Gasteiger partial charge in [-0.05, 0) is 32.8 Å². The van der Waals surface area contributed by atoms with Crippen molar-refractivity contribution in [3.8, 4) is 0 Å². The molecule has 0 aromatic heterocycles. The fourth-order valence-electron chi connectivity index (χ4n) is 2.11. The number of carbonyl (C=O) groups excluding carboxylic acids is 1. The normalized spacial score (nSPS) is 13.7. The third kappa shape index (κ3) is 4.21. The Labute approximate surface area is 115 Å². The fourth-order valence-corrected chi connectivity index (χ4v) is 2.11. The van der Waals surface area contributed by atoms with Gasteiger partial charge in [0.05, 0.1) is 0 Å². The smallest absolute Gasteiger partial charge is 0.247 e. The Morgan fingerprint density at radius 3 is 2.21 bits per heavy atom. The molecule has 0 aliphatic carbocycles. The van der Waals surface area contributed by atoms with Crippen LogP contribution in [0.15, 0.2) is 41.5 Å². The number of hydrogen-bond donors (Lipinski definition) is 1. The van der Waals surface area contributed by atoms with Gasteiger partial charge < -0.3 is 10.5 Å². The maximum atomic E-state index is 11.6. The molecule has 3 heteroatoms. The second kappa shape index (κ2) is 7.10. The summed E-state index contributed by atoms with van der Waals surface area (Å²) in [5.41, 5.74) is 9.06. The number of methoxy groups -OCH3 is 1. The number of hydrogen-bond acceptors (Lipinski definition) is 2. The minimum atomic E-state index is -0.600. The molecule has 0 aliphatic heterocycles. The Morgan fingerprint density at radius 1 is 1.21 bits per heavy atom. The number of primary amides is 1. The van der Waals surface area contributed by atoms with Crippen molar-refractivity contribution in [3.05, 3.63) is 47.0 Å². The second-order valence-corrected chi connectivity index (χ2v) is 5.06. The van der Waals surface area contributed by atoms with E-state index in [2.05, 4.69) is 20.8 Å². The highest BCUT2D eigenvalue weighted by Gasteiger charge is 2.28. The van der Waals surface area contributed by atoms with Crippen molar-refractivity contribution < 1.29 is 9.53 Å². The first-order chi connectivity index (χ1) is 8.97. The molecule has 2 atom stereocenters. The molecule has 1 aromatic rings. The lowest BCUT2D eigenvalue weighted by atomic mass is 9.86. The third-order valence-corrected chi connectivity index (χ3v) is 3.51. The summed E-state index contributed by atoms with van der Waals surface area (Å²) in [5, 5.41) is 0. The highest BCUT2D eigenvalue weighted by Crippen LogP contribution is 2.29. The fraction of sp³-hybridized carbons (Fsp3) is 0.438. The Morgan fingerprint density at radius 2 is 1.79 bits per heavy atom. The molecule has 1 amide bonds. The highest BCUT2D eigenvalue weighted by molar-refractivity contribution is 5.80. The molecule has 0 bridgehead atoms. The van der Waals surface area contributed by atoms with Gasteiger partial charge in [0.1, 0.15) is 6.10 Å². The van der Waals surface area contributed by atoms with Crippen molar-refractivity contribution >= 4 is 5.91 Å². The molecule has 3 nitrogen and oxygen atoms in total. The van der Waals surface area contributed by atoms with Gasteiger partial charge in [-0.15, -0.1) is 0 Å². The van der Waals surface area contributed by atoms with Crippen LogP contribution >= 0.6 is 0 Å². The summed E-state index contributed by atoms with van der Waals surface area (Å²) in [6, 6.07) is 9.91. The van der Waals surface area contributed by atoms with Crippen molar-refractivity contribution in [3.63, 3.8) is 0 Å². The van der Waals surface area contributed by atoms with Gasteiger partial charge in [-0.2, -0.15) is 0 Å². The van der Waals surface area contributed by atoms with Crippen LogP contribution in [0.5, 0.6) is 0 Å². The largest absolute Gasteiger partial charge is 0.371 e. The first kappa shape index (κ1) is 15.4. The molecule has 0 spiro atoms. The van der Waals surface area contributed by atoms with Crippen LogP contribution in [0.1, 0.15) is 38.7 Å².